The van der Waals surface area contributed by atoms with Crippen LogP contribution < -0.4 is 54.4 Å². The molecule has 0 aromatic carbocycles. The molecular weight excluding hydrogens is 702 g/mol. The lowest BCUT2D eigenvalue weighted by Crippen LogP contribution is -2.55. The fourth-order valence-electron chi connectivity index (χ4n) is 4.39. The van der Waals surface area contributed by atoms with Crippen LogP contribution in [0.3, 0.4) is 0 Å². The van der Waals surface area contributed by atoms with Gasteiger partial charge in [-0.3, -0.25) is 43.3 Å². The number of aliphatic imine (C=N–C) groups is 1. The van der Waals surface area contributed by atoms with Crippen molar-refractivity contribution < 1.29 is 53.4 Å². The highest BCUT2D eigenvalue weighted by Crippen LogP contribution is 2.06. The number of carboxylic acids is 2. The molecule has 0 saturated heterocycles. The summed E-state index contributed by atoms with van der Waals surface area (Å²) in [5.41, 5.74) is 16.3. The number of rotatable bonds is 25. The van der Waals surface area contributed by atoms with Gasteiger partial charge in [-0.25, -0.2) is 4.79 Å². The molecule has 300 valence electrons. The molecule has 22 nitrogen and oxygen atoms in total. The third-order valence-electron chi connectivity index (χ3n) is 7.23. The summed E-state index contributed by atoms with van der Waals surface area (Å²) < 4.78 is 0. The Balaban J connectivity index is 4.96. The van der Waals surface area contributed by atoms with Gasteiger partial charge in [0.1, 0.15) is 24.2 Å². The Labute approximate surface area is 306 Å². The largest absolute Gasteiger partial charge is 0.481 e. The topological polar surface area (TPSA) is 369 Å². The number of nitrogens with two attached hydrogens (primary N) is 3. The van der Waals surface area contributed by atoms with E-state index in [-0.39, 0.29) is 37.7 Å². The first-order chi connectivity index (χ1) is 24.6. The van der Waals surface area contributed by atoms with Crippen molar-refractivity contribution in [1.29, 1.82) is 0 Å². The first-order valence-electron chi connectivity index (χ1n) is 16.9. The normalized spacial score (nSPS) is 13.6. The van der Waals surface area contributed by atoms with E-state index in [4.69, 9.17) is 22.3 Å². The summed E-state index contributed by atoms with van der Waals surface area (Å²) >= 11 is 0. The van der Waals surface area contributed by atoms with Crippen molar-refractivity contribution in [3.05, 3.63) is 0 Å². The molecule has 0 spiro atoms. The Morgan fingerprint density at radius 1 is 0.642 bits per heavy atom. The molecule has 5 atom stereocenters. The second-order valence-corrected chi connectivity index (χ2v) is 12.9. The molecule has 0 aliphatic rings. The van der Waals surface area contributed by atoms with Crippen LogP contribution in [0.4, 0.5) is 0 Å². The summed E-state index contributed by atoms with van der Waals surface area (Å²) in [6.45, 7) is 6.56. The number of carbonyl (C=O) groups is 9. The van der Waals surface area contributed by atoms with Crippen molar-refractivity contribution >= 4 is 59.2 Å². The number of hydrogen-bond acceptors (Lipinski definition) is 11. The maximum absolute atomic E-state index is 12.8. The van der Waals surface area contributed by atoms with Crippen LogP contribution in [0.5, 0.6) is 0 Å². The first-order valence-corrected chi connectivity index (χ1v) is 16.9. The second kappa shape index (κ2) is 24.6. The van der Waals surface area contributed by atoms with Crippen molar-refractivity contribution in [2.24, 2.45) is 34.0 Å². The standard InChI is InChI=1S/C31H55N11O11/c1-15(2)11-18(32)27(49)39-17(5)26(48)40-19(8-9-24(46)47)28(50)38-13-22(44)36-12-21(43)37-14-23(45)42-25(16(3)4)29(51)41-20(30(52)53)7-6-10-35-31(33)34/h15-20,25H,6-14,32H2,1-5H3,(H,36,44)(H,37,43)(H,38,50)(H,39,49)(H,40,48)(H,41,51)(H,42,45)(H,46,47)(H,52,53)(H4,33,34,35)/t17-,18-,19-,20-,25-/m0/s1. The maximum Gasteiger partial charge on any atom is 0.326 e. The number of carbonyl (C=O) groups excluding carboxylic acids is 7. The number of guanidine groups is 1. The molecule has 22 heteroatoms. The summed E-state index contributed by atoms with van der Waals surface area (Å²) in [5.74, 6) is -8.57. The highest BCUT2D eigenvalue weighted by Gasteiger charge is 2.29. The number of amides is 7. The van der Waals surface area contributed by atoms with E-state index in [1.807, 2.05) is 13.8 Å². The fourth-order valence-corrected chi connectivity index (χ4v) is 4.39. The zero-order valence-corrected chi connectivity index (χ0v) is 30.7. The van der Waals surface area contributed by atoms with Crippen molar-refractivity contribution in [2.75, 3.05) is 26.2 Å². The summed E-state index contributed by atoms with van der Waals surface area (Å²) in [4.78, 5) is 114. The molecule has 0 heterocycles. The number of nitrogens with zero attached hydrogens (tertiary/aromatic N) is 1. The Bertz CT molecular complexity index is 1340. The predicted octanol–water partition coefficient (Wildman–Crippen LogP) is -4.67. The molecule has 7 amide bonds. The first kappa shape index (κ1) is 47.5. The summed E-state index contributed by atoms with van der Waals surface area (Å²) in [5, 5.41) is 34.8. The molecule has 0 unspecified atom stereocenters. The quantitative estimate of drug-likeness (QED) is 0.0237. The highest BCUT2D eigenvalue weighted by atomic mass is 16.4. The Hall–Kier alpha value is -5.54. The molecule has 0 aromatic heterocycles. The van der Waals surface area contributed by atoms with Crippen LogP contribution in [-0.2, 0) is 43.2 Å². The van der Waals surface area contributed by atoms with Crippen LogP contribution in [0.25, 0.3) is 0 Å². The van der Waals surface area contributed by atoms with Crippen LogP contribution in [0, 0.1) is 11.8 Å². The van der Waals surface area contributed by atoms with Gasteiger partial charge in [-0.2, -0.15) is 0 Å². The van der Waals surface area contributed by atoms with Crippen molar-refractivity contribution in [3.8, 4) is 0 Å². The molecule has 0 aromatic rings. The van der Waals surface area contributed by atoms with Crippen LogP contribution in [0.2, 0.25) is 0 Å². The average Bonchev–Trinajstić information content (AvgIpc) is 3.06. The van der Waals surface area contributed by atoms with E-state index in [0.29, 0.717) is 6.42 Å². The van der Waals surface area contributed by atoms with Crippen molar-refractivity contribution in [3.63, 3.8) is 0 Å². The molecule has 0 rings (SSSR count). The zero-order chi connectivity index (χ0) is 40.8. The monoisotopic (exact) mass is 757 g/mol. The summed E-state index contributed by atoms with van der Waals surface area (Å²) in [6, 6.07) is -5.81. The lowest BCUT2D eigenvalue weighted by atomic mass is 10.0. The molecule has 0 radical (unpaired) electrons. The summed E-state index contributed by atoms with van der Waals surface area (Å²) in [7, 11) is 0. The van der Waals surface area contributed by atoms with E-state index in [1.54, 1.807) is 13.8 Å². The van der Waals surface area contributed by atoms with Gasteiger partial charge in [-0.1, -0.05) is 27.7 Å². The highest BCUT2D eigenvalue weighted by molar-refractivity contribution is 5.95. The summed E-state index contributed by atoms with van der Waals surface area (Å²) in [6.07, 6.45) is -0.215. The van der Waals surface area contributed by atoms with Crippen molar-refractivity contribution in [2.45, 2.75) is 96.9 Å². The molecule has 0 aliphatic heterocycles. The molecule has 0 bridgehead atoms. The van der Waals surface area contributed by atoms with Crippen LogP contribution in [0.1, 0.15) is 66.7 Å². The minimum absolute atomic E-state index is 0.0127. The Morgan fingerprint density at radius 2 is 1.19 bits per heavy atom. The molecule has 0 saturated carbocycles. The Morgan fingerprint density at radius 3 is 1.70 bits per heavy atom. The maximum atomic E-state index is 12.8. The average molecular weight is 758 g/mol. The number of nitrogens with one attached hydrogen (secondary N) is 7. The van der Waals surface area contributed by atoms with Crippen LogP contribution >= 0.6 is 0 Å². The molecule has 0 fully saturated rings. The third kappa shape index (κ3) is 21.4. The van der Waals surface area contributed by atoms with Crippen LogP contribution in [-0.4, -0.2) is 126 Å². The lowest BCUT2D eigenvalue weighted by molar-refractivity contribution is -0.142. The van der Waals surface area contributed by atoms with Gasteiger partial charge >= 0.3 is 11.9 Å². The molecular formula is C31H55N11O11. The lowest BCUT2D eigenvalue weighted by Gasteiger charge is -2.24. The fraction of sp³-hybridized carbons (Fsp3) is 0.677. The SMILES string of the molecule is CC(C)C[C@H](N)C(=O)N[C@@H](C)C(=O)N[C@@H](CCC(=O)O)C(=O)NCC(=O)NCC(=O)NCC(=O)N[C@H](C(=O)N[C@@H](CCCN=C(N)N)C(=O)O)C(C)C. The van der Waals surface area contributed by atoms with Crippen molar-refractivity contribution in [1.82, 2.24) is 37.2 Å². The predicted molar refractivity (Wildman–Crippen MR) is 189 cm³/mol. The van der Waals surface area contributed by atoms with Crippen LogP contribution in [0.15, 0.2) is 4.99 Å². The minimum Gasteiger partial charge on any atom is -0.481 e. The molecule has 53 heavy (non-hydrogen) atoms. The smallest absolute Gasteiger partial charge is 0.326 e. The van der Waals surface area contributed by atoms with Gasteiger partial charge in [0.15, 0.2) is 5.96 Å². The van der Waals surface area contributed by atoms with Gasteiger partial charge in [0, 0.05) is 13.0 Å². The van der Waals surface area contributed by atoms with E-state index in [1.165, 1.54) is 6.92 Å². The number of hydrogen-bond donors (Lipinski definition) is 12. The molecule has 0 aliphatic carbocycles. The molecule has 15 N–H and O–H groups in total. The van der Waals surface area contributed by atoms with Gasteiger partial charge in [0.05, 0.1) is 25.7 Å². The van der Waals surface area contributed by atoms with Gasteiger partial charge in [0.25, 0.3) is 0 Å². The van der Waals surface area contributed by atoms with E-state index in [9.17, 15) is 48.3 Å². The van der Waals surface area contributed by atoms with E-state index in [0.717, 1.165) is 0 Å². The van der Waals surface area contributed by atoms with Gasteiger partial charge in [-0.15, -0.1) is 0 Å². The number of carboxylic acid groups (broad SMARTS) is 2. The van der Waals surface area contributed by atoms with E-state index >= 15 is 0 Å². The van der Waals surface area contributed by atoms with Gasteiger partial charge in [0.2, 0.25) is 41.4 Å². The van der Waals surface area contributed by atoms with E-state index < -0.39 is 115 Å². The Kier molecular flexibility index (Phi) is 22.0. The van der Waals surface area contributed by atoms with Gasteiger partial charge < -0.3 is 64.6 Å². The third-order valence-corrected chi connectivity index (χ3v) is 7.23. The zero-order valence-electron chi connectivity index (χ0n) is 30.7. The van der Waals surface area contributed by atoms with Gasteiger partial charge in [-0.05, 0) is 44.4 Å². The number of aliphatic carboxylic acids is 2. The minimum atomic E-state index is -1.39. The second-order valence-electron chi connectivity index (χ2n) is 12.9. The van der Waals surface area contributed by atoms with E-state index in [2.05, 4.69) is 42.2 Å².